The summed E-state index contributed by atoms with van der Waals surface area (Å²) < 4.78 is 0.107. The molecule has 0 spiro atoms. The van der Waals surface area contributed by atoms with Crippen molar-refractivity contribution >= 4 is 11.8 Å². The second-order valence-corrected chi connectivity index (χ2v) is 6.77. The van der Waals surface area contributed by atoms with Crippen molar-refractivity contribution in [1.82, 2.24) is 9.97 Å². The molecule has 5 heteroatoms. The van der Waals surface area contributed by atoms with Gasteiger partial charge in [-0.1, -0.05) is 34.1 Å². The van der Waals surface area contributed by atoms with Gasteiger partial charge < -0.3 is 10.1 Å². The van der Waals surface area contributed by atoms with Gasteiger partial charge in [-0.05, 0) is 6.42 Å². The van der Waals surface area contributed by atoms with Crippen LogP contribution in [0, 0.1) is 0 Å². The van der Waals surface area contributed by atoms with Gasteiger partial charge in [-0.2, -0.15) is 4.98 Å². The molecule has 0 amide bonds. The van der Waals surface area contributed by atoms with Crippen LogP contribution in [0.1, 0.15) is 45.5 Å². The molecule has 0 atom stereocenters. The summed E-state index contributed by atoms with van der Waals surface area (Å²) in [6.45, 7) is 8.26. The van der Waals surface area contributed by atoms with E-state index in [2.05, 4.69) is 30.7 Å². The molecule has 1 aromatic heterocycles. The van der Waals surface area contributed by atoms with Crippen molar-refractivity contribution in [2.24, 2.45) is 0 Å². The second kappa shape index (κ2) is 5.58. The SMILES string of the molecule is CCCc1c(O)nc(CSC(C)(C)C)[nH]c1=O. The molecule has 2 N–H and O–H groups in total. The maximum atomic E-state index is 11.7. The lowest BCUT2D eigenvalue weighted by Crippen LogP contribution is -2.17. The normalized spacial score (nSPS) is 11.8. The van der Waals surface area contributed by atoms with Crippen LogP contribution in [-0.4, -0.2) is 19.8 Å². The number of aromatic hydroxyl groups is 1. The number of rotatable bonds is 4. The Labute approximate surface area is 106 Å². The van der Waals surface area contributed by atoms with Crippen molar-refractivity contribution in [3.8, 4) is 5.88 Å². The molecule has 0 unspecified atom stereocenters. The van der Waals surface area contributed by atoms with E-state index in [0.29, 0.717) is 23.6 Å². The molecular formula is C12H20N2O2S. The smallest absolute Gasteiger partial charge is 0.257 e. The maximum Gasteiger partial charge on any atom is 0.257 e. The van der Waals surface area contributed by atoms with Gasteiger partial charge in [0.1, 0.15) is 5.82 Å². The molecule has 0 aromatic carbocycles. The van der Waals surface area contributed by atoms with Gasteiger partial charge in [0, 0.05) is 4.75 Å². The molecule has 0 aliphatic carbocycles. The first-order chi connectivity index (χ1) is 7.83. The molecular weight excluding hydrogens is 236 g/mol. The Kier molecular flexibility index (Phi) is 4.62. The molecule has 0 aliphatic rings. The van der Waals surface area contributed by atoms with Gasteiger partial charge in [0.2, 0.25) is 5.88 Å². The summed E-state index contributed by atoms with van der Waals surface area (Å²) in [6.07, 6.45) is 1.37. The zero-order valence-corrected chi connectivity index (χ0v) is 11.6. The lowest BCUT2D eigenvalue weighted by atomic mass is 10.2. The third-order valence-corrected chi connectivity index (χ3v) is 3.47. The molecule has 0 fully saturated rings. The van der Waals surface area contributed by atoms with Crippen molar-refractivity contribution in [3.05, 3.63) is 21.7 Å². The topological polar surface area (TPSA) is 66.0 Å². The Morgan fingerprint density at radius 2 is 2.06 bits per heavy atom. The number of H-pyrrole nitrogens is 1. The van der Waals surface area contributed by atoms with Gasteiger partial charge >= 0.3 is 0 Å². The van der Waals surface area contributed by atoms with Crippen LogP contribution in [0.25, 0.3) is 0 Å². The van der Waals surface area contributed by atoms with E-state index < -0.39 is 0 Å². The van der Waals surface area contributed by atoms with Crippen molar-refractivity contribution in [3.63, 3.8) is 0 Å². The molecule has 1 heterocycles. The van der Waals surface area contributed by atoms with E-state index in [1.54, 1.807) is 11.8 Å². The molecule has 0 aliphatic heterocycles. The second-order valence-electron chi connectivity index (χ2n) is 4.97. The summed E-state index contributed by atoms with van der Waals surface area (Å²) >= 11 is 1.68. The predicted molar refractivity (Wildman–Crippen MR) is 71.6 cm³/mol. The Bertz CT molecular complexity index is 435. The minimum Gasteiger partial charge on any atom is -0.493 e. The van der Waals surface area contributed by atoms with Crippen LogP contribution in [0.15, 0.2) is 4.79 Å². The van der Waals surface area contributed by atoms with Gasteiger partial charge in [0.05, 0.1) is 11.3 Å². The van der Waals surface area contributed by atoms with Gasteiger partial charge in [0.15, 0.2) is 0 Å². The Morgan fingerprint density at radius 3 is 2.53 bits per heavy atom. The summed E-state index contributed by atoms with van der Waals surface area (Å²) in [4.78, 5) is 18.5. The summed E-state index contributed by atoms with van der Waals surface area (Å²) in [5.74, 6) is 1.01. The number of hydrogen-bond donors (Lipinski definition) is 2. The highest BCUT2D eigenvalue weighted by molar-refractivity contribution is 7.99. The molecule has 0 bridgehead atoms. The van der Waals surface area contributed by atoms with Crippen LogP contribution >= 0.6 is 11.8 Å². The number of thioether (sulfide) groups is 1. The van der Waals surface area contributed by atoms with Gasteiger partial charge in [-0.25, -0.2) is 0 Å². The molecule has 0 saturated carbocycles. The average molecular weight is 256 g/mol. The summed E-state index contributed by atoms with van der Waals surface area (Å²) in [6, 6.07) is 0. The summed E-state index contributed by atoms with van der Waals surface area (Å²) in [5, 5.41) is 9.69. The third-order valence-electron chi connectivity index (χ3n) is 2.18. The monoisotopic (exact) mass is 256 g/mol. The lowest BCUT2D eigenvalue weighted by Gasteiger charge is -2.17. The molecule has 96 valence electrons. The van der Waals surface area contributed by atoms with Gasteiger partial charge in [-0.15, -0.1) is 11.8 Å². The highest BCUT2D eigenvalue weighted by Gasteiger charge is 2.14. The first-order valence-corrected chi connectivity index (χ1v) is 6.77. The standard InChI is InChI=1S/C12H20N2O2S/c1-5-6-8-10(15)13-9(14-11(8)16)7-17-12(2,3)4/h5-7H2,1-4H3,(H2,13,14,15,16). The maximum absolute atomic E-state index is 11.7. The first kappa shape index (κ1) is 14.1. The van der Waals surface area contributed by atoms with E-state index in [9.17, 15) is 9.90 Å². The number of aromatic nitrogens is 2. The lowest BCUT2D eigenvalue weighted by molar-refractivity contribution is 0.440. The summed E-state index contributed by atoms with van der Waals surface area (Å²) in [5.41, 5.74) is 0.167. The van der Waals surface area contributed by atoms with E-state index in [1.165, 1.54) is 0 Å². The Hall–Kier alpha value is -0.970. The van der Waals surface area contributed by atoms with E-state index in [4.69, 9.17) is 0 Å². The largest absolute Gasteiger partial charge is 0.493 e. The van der Waals surface area contributed by atoms with Crippen LogP contribution in [-0.2, 0) is 12.2 Å². The molecule has 0 saturated heterocycles. The highest BCUT2D eigenvalue weighted by Crippen LogP contribution is 2.26. The zero-order valence-electron chi connectivity index (χ0n) is 10.8. The molecule has 1 rings (SSSR count). The van der Waals surface area contributed by atoms with E-state index in [1.807, 2.05) is 6.92 Å². The highest BCUT2D eigenvalue weighted by atomic mass is 32.2. The van der Waals surface area contributed by atoms with Crippen molar-refractivity contribution in [1.29, 1.82) is 0 Å². The fraction of sp³-hybridized carbons (Fsp3) is 0.667. The van der Waals surface area contributed by atoms with Gasteiger partial charge in [0.25, 0.3) is 5.56 Å². The van der Waals surface area contributed by atoms with Crippen LogP contribution in [0.5, 0.6) is 5.88 Å². The molecule has 17 heavy (non-hydrogen) atoms. The Morgan fingerprint density at radius 1 is 1.41 bits per heavy atom. The van der Waals surface area contributed by atoms with Crippen LogP contribution < -0.4 is 5.56 Å². The fourth-order valence-corrected chi connectivity index (χ4v) is 2.07. The van der Waals surface area contributed by atoms with E-state index in [-0.39, 0.29) is 16.2 Å². The third kappa shape index (κ3) is 4.42. The Balaban J connectivity index is 2.87. The number of aromatic amines is 1. The average Bonchev–Trinajstić information content (AvgIpc) is 2.19. The van der Waals surface area contributed by atoms with E-state index >= 15 is 0 Å². The fourth-order valence-electron chi connectivity index (χ4n) is 1.36. The van der Waals surface area contributed by atoms with Crippen molar-refractivity contribution < 1.29 is 5.11 Å². The summed E-state index contributed by atoms with van der Waals surface area (Å²) in [7, 11) is 0. The predicted octanol–water partition coefficient (Wildman–Crippen LogP) is 2.46. The van der Waals surface area contributed by atoms with Gasteiger partial charge in [-0.3, -0.25) is 4.79 Å². The number of nitrogens with one attached hydrogen (secondary N) is 1. The number of hydrogen-bond acceptors (Lipinski definition) is 4. The van der Waals surface area contributed by atoms with Crippen LogP contribution in [0.4, 0.5) is 0 Å². The van der Waals surface area contributed by atoms with Crippen LogP contribution in [0.3, 0.4) is 0 Å². The molecule has 4 nitrogen and oxygen atoms in total. The first-order valence-electron chi connectivity index (χ1n) is 5.78. The molecule has 0 radical (unpaired) electrons. The quantitative estimate of drug-likeness (QED) is 0.868. The minimum atomic E-state index is -0.219. The number of nitrogens with zero attached hydrogens (tertiary/aromatic N) is 1. The van der Waals surface area contributed by atoms with E-state index in [0.717, 1.165) is 6.42 Å². The van der Waals surface area contributed by atoms with Crippen molar-refractivity contribution in [2.45, 2.75) is 51.0 Å². The van der Waals surface area contributed by atoms with Crippen LogP contribution in [0.2, 0.25) is 0 Å². The van der Waals surface area contributed by atoms with Crippen molar-refractivity contribution in [2.75, 3.05) is 0 Å². The molecule has 1 aromatic rings. The minimum absolute atomic E-state index is 0.107. The zero-order chi connectivity index (χ0) is 13.1.